The highest BCUT2D eigenvalue weighted by atomic mass is 16.5. The first-order chi connectivity index (χ1) is 7.34. The smallest absolute Gasteiger partial charge is 0.220 e. The second-order valence-corrected chi connectivity index (χ2v) is 3.66. The summed E-state index contributed by atoms with van der Waals surface area (Å²) in [5.41, 5.74) is 1.09. The minimum atomic E-state index is 0.0900. The SMILES string of the molecule is O=C(CCc1cccnc1)NC1COC1. The van der Waals surface area contributed by atoms with Crippen LogP contribution in [-0.2, 0) is 16.0 Å². The standard InChI is InChI=1S/C11H14N2O2/c14-11(13-10-7-15-8-10)4-3-9-2-1-5-12-6-9/h1-2,5-6,10H,3-4,7-8H2,(H,13,14). The maximum Gasteiger partial charge on any atom is 0.220 e. The molecular formula is C11H14N2O2. The number of nitrogens with zero attached hydrogens (tertiary/aromatic N) is 1. The van der Waals surface area contributed by atoms with E-state index >= 15 is 0 Å². The van der Waals surface area contributed by atoms with Crippen molar-refractivity contribution in [2.45, 2.75) is 18.9 Å². The number of hydrogen-bond acceptors (Lipinski definition) is 3. The second-order valence-electron chi connectivity index (χ2n) is 3.66. The third kappa shape index (κ3) is 3.02. The van der Waals surface area contributed by atoms with Crippen molar-refractivity contribution >= 4 is 5.91 Å². The topological polar surface area (TPSA) is 51.2 Å². The lowest BCUT2D eigenvalue weighted by atomic mass is 10.1. The van der Waals surface area contributed by atoms with Gasteiger partial charge in [0.2, 0.25) is 5.91 Å². The number of hydrogen-bond donors (Lipinski definition) is 1. The number of nitrogens with one attached hydrogen (secondary N) is 1. The van der Waals surface area contributed by atoms with Gasteiger partial charge in [-0.15, -0.1) is 0 Å². The summed E-state index contributed by atoms with van der Waals surface area (Å²) in [7, 11) is 0. The summed E-state index contributed by atoms with van der Waals surface area (Å²) in [5.74, 6) is 0.0900. The monoisotopic (exact) mass is 206 g/mol. The summed E-state index contributed by atoms with van der Waals surface area (Å²) in [6, 6.07) is 4.09. The van der Waals surface area contributed by atoms with Crippen molar-refractivity contribution in [2.75, 3.05) is 13.2 Å². The number of pyridine rings is 1. The molecule has 0 radical (unpaired) electrons. The van der Waals surface area contributed by atoms with Crippen molar-refractivity contribution in [2.24, 2.45) is 0 Å². The summed E-state index contributed by atoms with van der Waals surface area (Å²) in [6.07, 6.45) is 4.78. The molecule has 15 heavy (non-hydrogen) atoms. The number of carbonyl (C=O) groups is 1. The van der Waals surface area contributed by atoms with Crippen LogP contribution >= 0.6 is 0 Å². The molecule has 0 aromatic carbocycles. The van der Waals surface area contributed by atoms with Crippen LogP contribution < -0.4 is 5.32 Å². The van der Waals surface area contributed by atoms with E-state index in [1.54, 1.807) is 12.4 Å². The fourth-order valence-corrected chi connectivity index (χ4v) is 1.42. The summed E-state index contributed by atoms with van der Waals surface area (Å²) >= 11 is 0. The molecule has 4 heteroatoms. The maximum atomic E-state index is 11.4. The minimum absolute atomic E-state index is 0.0900. The van der Waals surface area contributed by atoms with Gasteiger partial charge in [-0.2, -0.15) is 0 Å². The molecule has 80 valence electrons. The number of carbonyl (C=O) groups excluding carboxylic acids is 1. The Morgan fingerprint density at radius 1 is 1.60 bits per heavy atom. The van der Waals surface area contributed by atoms with Gasteiger partial charge >= 0.3 is 0 Å². The van der Waals surface area contributed by atoms with E-state index in [-0.39, 0.29) is 11.9 Å². The van der Waals surface area contributed by atoms with E-state index in [9.17, 15) is 4.79 Å². The van der Waals surface area contributed by atoms with Crippen LogP contribution in [0.25, 0.3) is 0 Å². The van der Waals surface area contributed by atoms with E-state index < -0.39 is 0 Å². The Hall–Kier alpha value is -1.42. The van der Waals surface area contributed by atoms with Gasteiger partial charge in [0, 0.05) is 18.8 Å². The van der Waals surface area contributed by atoms with Crippen molar-refractivity contribution in [3.8, 4) is 0 Å². The quantitative estimate of drug-likeness (QED) is 0.781. The predicted molar refractivity (Wildman–Crippen MR) is 55.3 cm³/mol. The molecule has 1 aromatic rings. The van der Waals surface area contributed by atoms with E-state index in [1.165, 1.54) is 0 Å². The zero-order chi connectivity index (χ0) is 10.5. The van der Waals surface area contributed by atoms with Crippen LogP contribution in [0.3, 0.4) is 0 Å². The second kappa shape index (κ2) is 4.89. The molecule has 1 amide bonds. The molecule has 0 atom stereocenters. The molecule has 0 spiro atoms. The lowest BCUT2D eigenvalue weighted by molar-refractivity contribution is -0.125. The number of amides is 1. The molecule has 4 nitrogen and oxygen atoms in total. The fraction of sp³-hybridized carbons (Fsp3) is 0.455. The Bertz CT molecular complexity index is 323. The highest BCUT2D eigenvalue weighted by Crippen LogP contribution is 2.03. The predicted octanol–water partition coefficient (Wildman–Crippen LogP) is 0.529. The number of rotatable bonds is 4. The van der Waals surface area contributed by atoms with E-state index in [1.807, 2.05) is 12.1 Å². The number of aryl methyl sites for hydroxylation is 1. The summed E-state index contributed by atoms with van der Waals surface area (Å²) in [6.45, 7) is 1.30. The van der Waals surface area contributed by atoms with E-state index in [4.69, 9.17) is 4.74 Å². The fourth-order valence-electron chi connectivity index (χ4n) is 1.42. The van der Waals surface area contributed by atoms with Gasteiger partial charge in [0.15, 0.2) is 0 Å². The van der Waals surface area contributed by atoms with Crippen molar-refractivity contribution in [1.29, 1.82) is 0 Å². The molecule has 0 bridgehead atoms. The van der Waals surface area contributed by atoms with Gasteiger partial charge in [-0.25, -0.2) is 0 Å². The van der Waals surface area contributed by atoms with Crippen LogP contribution in [0.15, 0.2) is 24.5 Å². The van der Waals surface area contributed by atoms with Crippen LogP contribution in [0.2, 0.25) is 0 Å². The molecule has 1 aliphatic rings. The van der Waals surface area contributed by atoms with Crippen molar-refractivity contribution < 1.29 is 9.53 Å². The van der Waals surface area contributed by atoms with E-state index in [0.29, 0.717) is 19.6 Å². The number of aromatic nitrogens is 1. The third-order valence-electron chi connectivity index (χ3n) is 2.37. The highest BCUT2D eigenvalue weighted by Gasteiger charge is 2.19. The van der Waals surface area contributed by atoms with Gasteiger partial charge in [-0.1, -0.05) is 6.07 Å². The van der Waals surface area contributed by atoms with Gasteiger partial charge in [0.1, 0.15) is 0 Å². The highest BCUT2D eigenvalue weighted by molar-refractivity contribution is 5.76. The molecule has 1 aliphatic heterocycles. The van der Waals surface area contributed by atoms with Crippen molar-refractivity contribution in [3.05, 3.63) is 30.1 Å². The lowest BCUT2D eigenvalue weighted by Crippen LogP contribution is -2.48. The van der Waals surface area contributed by atoms with Gasteiger partial charge in [-0.3, -0.25) is 9.78 Å². The number of ether oxygens (including phenoxy) is 1. The van der Waals surface area contributed by atoms with Gasteiger partial charge < -0.3 is 10.1 Å². The molecular weight excluding hydrogens is 192 g/mol. The van der Waals surface area contributed by atoms with Gasteiger partial charge in [0.25, 0.3) is 0 Å². The summed E-state index contributed by atoms with van der Waals surface area (Å²) in [5, 5.41) is 2.90. The molecule has 1 fully saturated rings. The molecule has 1 aromatic heterocycles. The Balaban J connectivity index is 1.71. The molecule has 0 aliphatic carbocycles. The minimum Gasteiger partial charge on any atom is -0.377 e. The molecule has 1 N–H and O–H groups in total. The van der Waals surface area contributed by atoms with Crippen LogP contribution in [0.4, 0.5) is 0 Å². The summed E-state index contributed by atoms with van der Waals surface area (Å²) < 4.78 is 4.97. The Labute approximate surface area is 88.7 Å². The van der Waals surface area contributed by atoms with Crippen LogP contribution in [0, 0.1) is 0 Å². The van der Waals surface area contributed by atoms with Crippen LogP contribution in [0.1, 0.15) is 12.0 Å². The van der Waals surface area contributed by atoms with Crippen molar-refractivity contribution in [3.63, 3.8) is 0 Å². The van der Waals surface area contributed by atoms with E-state index in [0.717, 1.165) is 12.0 Å². The van der Waals surface area contributed by atoms with Crippen LogP contribution in [0.5, 0.6) is 0 Å². The average Bonchev–Trinajstić information content (AvgIpc) is 2.22. The largest absolute Gasteiger partial charge is 0.377 e. The average molecular weight is 206 g/mol. The van der Waals surface area contributed by atoms with Gasteiger partial charge in [0.05, 0.1) is 19.3 Å². The van der Waals surface area contributed by atoms with Crippen molar-refractivity contribution in [1.82, 2.24) is 10.3 Å². The zero-order valence-corrected chi connectivity index (χ0v) is 8.48. The lowest BCUT2D eigenvalue weighted by Gasteiger charge is -2.26. The Morgan fingerprint density at radius 3 is 3.07 bits per heavy atom. The van der Waals surface area contributed by atoms with Gasteiger partial charge in [-0.05, 0) is 18.1 Å². The Morgan fingerprint density at radius 2 is 2.47 bits per heavy atom. The maximum absolute atomic E-state index is 11.4. The third-order valence-corrected chi connectivity index (χ3v) is 2.37. The molecule has 0 unspecified atom stereocenters. The molecule has 1 saturated heterocycles. The summed E-state index contributed by atoms with van der Waals surface area (Å²) in [4.78, 5) is 15.4. The molecule has 0 saturated carbocycles. The first-order valence-electron chi connectivity index (χ1n) is 5.10. The van der Waals surface area contributed by atoms with Crippen LogP contribution in [-0.4, -0.2) is 30.1 Å². The normalized spacial score (nSPS) is 15.7. The first-order valence-corrected chi connectivity index (χ1v) is 5.10. The Kier molecular flexibility index (Phi) is 3.29. The molecule has 2 rings (SSSR count). The zero-order valence-electron chi connectivity index (χ0n) is 8.48. The molecule has 2 heterocycles. The van der Waals surface area contributed by atoms with E-state index in [2.05, 4.69) is 10.3 Å². The first kappa shape index (κ1) is 10.1.